The zero-order valence-corrected chi connectivity index (χ0v) is 10.9. The summed E-state index contributed by atoms with van der Waals surface area (Å²) in [6.07, 6.45) is 3.22. The zero-order chi connectivity index (χ0) is 14.1. The molecule has 0 aliphatic carbocycles. The summed E-state index contributed by atoms with van der Waals surface area (Å²) >= 11 is 5.90. The van der Waals surface area contributed by atoms with Crippen molar-refractivity contribution in [3.05, 3.63) is 53.6 Å². The molecule has 3 rings (SSSR count). The molecule has 0 aliphatic heterocycles. The minimum Gasteiger partial charge on any atom is -0.380 e. The van der Waals surface area contributed by atoms with Crippen molar-refractivity contribution in [1.29, 1.82) is 0 Å². The summed E-state index contributed by atoms with van der Waals surface area (Å²) in [6, 6.07) is 7.70. The van der Waals surface area contributed by atoms with Crippen LogP contribution in [0, 0.1) is 5.82 Å². The van der Waals surface area contributed by atoms with Crippen LogP contribution in [0.2, 0.25) is 5.02 Å². The Morgan fingerprint density at radius 3 is 2.65 bits per heavy atom. The third kappa shape index (κ3) is 2.12. The maximum Gasteiger partial charge on any atom is 0.179 e. The Morgan fingerprint density at radius 1 is 1.15 bits per heavy atom. The average Bonchev–Trinajstić information content (AvgIpc) is 2.84. The van der Waals surface area contributed by atoms with Gasteiger partial charge in [0.15, 0.2) is 11.6 Å². The van der Waals surface area contributed by atoms with Gasteiger partial charge < -0.3 is 10.3 Å². The molecule has 0 spiro atoms. The van der Waals surface area contributed by atoms with Crippen LogP contribution >= 0.6 is 11.6 Å². The van der Waals surface area contributed by atoms with Gasteiger partial charge in [0.1, 0.15) is 5.82 Å². The lowest BCUT2D eigenvalue weighted by molar-refractivity contribution is 0.433. The molecule has 3 aromatic rings. The second-order valence-electron chi connectivity index (χ2n) is 4.13. The lowest BCUT2D eigenvalue weighted by Crippen LogP contribution is -1.90. The van der Waals surface area contributed by atoms with Crippen LogP contribution in [0.4, 0.5) is 10.2 Å². The molecule has 2 N–H and O–H groups in total. The highest BCUT2D eigenvalue weighted by Crippen LogP contribution is 2.38. The highest BCUT2D eigenvalue weighted by molar-refractivity contribution is 6.30. The van der Waals surface area contributed by atoms with E-state index in [-0.39, 0.29) is 17.1 Å². The fourth-order valence-electron chi connectivity index (χ4n) is 1.96. The van der Waals surface area contributed by atoms with Gasteiger partial charge in [-0.3, -0.25) is 4.98 Å². The van der Waals surface area contributed by atoms with Crippen LogP contribution in [0.1, 0.15) is 0 Å². The molecule has 0 bridgehead atoms. The van der Waals surface area contributed by atoms with Crippen molar-refractivity contribution in [2.75, 3.05) is 5.73 Å². The molecule has 4 nitrogen and oxygen atoms in total. The molecule has 20 heavy (non-hydrogen) atoms. The van der Waals surface area contributed by atoms with E-state index in [0.717, 1.165) is 5.56 Å². The van der Waals surface area contributed by atoms with E-state index in [4.69, 9.17) is 21.9 Å². The van der Waals surface area contributed by atoms with E-state index in [2.05, 4.69) is 10.1 Å². The quantitative estimate of drug-likeness (QED) is 0.780. The molecule has 0 fully saturated rings. The molecule has 0 radical (unpaired) electrons. The maximum absolute atomic E-state index is 14.0. The number of benzene rings is 1. The fraction of sp³-hybridized carbons (Fsp3) is 0. The Balaban J connectivity index is 2.24. The summed E-state index contributed by atoms with van der Waals surface area (Å²) < 4.78 is 19.1. The molecular formula is C14H9ClFN3O. The number of pyridine rings is 1. The van der Waals surface area contributed by atoms with Gasteiger partial charge in [-0.15, -0.1) is 0 Å². The van der Waals surface area contributed by atoms with Crippen LogP contribution in [0.3, 0.4) is 0 Å². The van der Waals surface area contributed by atoms with Crippen molar-refractivity contribution in [3.63, 3.8) is 0 Å². The Kier molecular flexibility index (Phi) is 3.12. The third-order valence-corrected chi connectivity index (χ3v) is 3.10. The minimum absolute atomic E-state index is 0.186. The van der Waals surface area contributed by atoms with E-state index in [0.29, 0.717) is 10.6 Å². The molecule has 0 atom stereocenters. The number of aromatic nitrogens is 2. The van der Waals surface area contributed by atoms with E-state index in [1.54, 1.807) is 24.5 Å². The molecule has 0 aliphatic rings. The molecule has 2 aromatic heterocycles. The second kappa shape index (κ2) is 4.94. The fourth-order valence-corrected chi connectivity index (χ4v) is 2.13. The van der Waals surface area contributed by atoms with Crippen molar-refractivity contribution >= 4 is 17.4 Å². The third-order valence-electron chi connectivity index (χ3n) is 2.86. The Labute approximate surface area is 119 Å². The van der Waals surface area contributed by atoms with Crippen LogP contribution < -0.4 is 5.73 Å². The molecule has 2 heterocycles. The number of nitrogens with zero attached hydrogens (tertiary/aromatic N) is 2. The van der Waals surface area contributed by atoms with Gasteiger partial charge >= 0.3 is 0 Å². The van der Waals surface area contributed by atoms with Crippen LogP contribution in [-0.2, 0) is 0 Å². The average molecular weight is 290 g/mol. The monoisotopic (exact) mass is 289 g/mol. The predicted molar refractivity (Wildman–Crippen MR) is 74.6 cm³/mol. The van der Waals surface area contributed by atoms with Gasteiger partial charge in [-0.1, -0.05) is 16.8 Å². The summed E-state index contributed by atoms with van der Waals surface area (Å²) in [5, 5.41) is 4.11. The number of rotatable bonds is 2. The highest BCUT2D eigenvalue weighted by Gasteiger charge is 2.20. The van der Waals surface area contributed by atoms with E-state index in [9.17, 15) is 4.39 Å². The van der Waals surface area contributed by atoms with Crippen LogP contribution in [0.5, 0.6) is 0 Å². The molecule has 0 saturated carbocycles. The van der Waals surface area contributed by atoms with E-state index in [1.165, 1.54) is 18.2 Å². The van der Waals surface area contributed by atoms with Crippen molar-refractivity contribution in [1.82, 2.24) is 10.1 Å². The molecule has 0 amide bonds. The Bertz CT molecular complexity index is 758. The maximum atomic E-state index is 14.0. The van der Waals surface area contributed by atoms with E-state index < -0.39 is 5.82 Å². The van der Waals surface area contributed by atoms with Crippen LogP contribution in [-0.4, -0.2) is 10.1 Å². The number of nitrogens with two attached hydrogens (primary N) is 1. The first-order chi connectivity index (χ1) is 9.66. The number of hydrogen-bond donors (Lipinski definition) is 1. The molecule has 100 valence electrons. The van der Waals surface area contributed by atoms with Crippen molar-refractivity contribution < 1.29 is 8.91 Å². The number of halogens is 2. The van der Waals surface area contributed by atoms with Crippen LogP contribution in [0.15, 0.2) is 47.2 Å². The summed E-state index contributed by atoms with van der Waals surface area (Å²) in [5.41, 5.74) is 7.30. The molecule has 1 aromatic carbocycles. The van der Waals surface area contributed by atoms with Crippen molar-refractivity contribution in [3.8, 4) is 22.5 Å². The SMILES string of the molecule is Nc1noc(-c2cc(Cl)ccc2F)c1-c1ccncc1. The second-order valence-corrected chi connectivity index (χ2v) is 4.57. The van der Waals surface area contributed by atoms with E-state index in [1.807, 2.05) is 0 Å². The van der Waals surface area contributed by atoms with Gasteiger partial charge in [0, 0.05) is 17.4 Å². The van der Waals surface area contributed by atoms with E-state index >= 15 is 0 Å². The number of hydrogen-bond acceptors (Lipinski definition) is 4. The van der Waals surface area contributed by atoms with Gasteiger partial charge in [0.05, 0.1) is 11.1 Å². The van der Waals surface area contributed by atoms with Gasteiger partial charge in [-0.2, -0.15) is 0 Å². The largest absolute Gasteiger partial charge is 0.380 e. The van der Waals surface area contributed by atoms with Crippen molar-refractivity contribution in [2.45, 2.75) is 0 Å². The lowest BCUT2D eigenvalue weighted by atomic mass is 10.0. The van der Waals surface area contributed by atoms with Gasteiger partial charge in [0.2, 0.25) is 0 Å². The van der Waals surface area contributed by atoms with Gasteiger partial charge in [-0.25, -0.2) is 4.39 Å². The van der Waals surface area contributed by atoms with Gasteiger partial charge in [-0.05, 0) is 35.9 Å². The Hall–Kier alpha value is -2.40. The number of anilines is 1. The number of nitrogen functional groups attached to an aromatic ring is 1. The lowest BCUT2D eigenvalue weighted by Gasteiger charge is -2.04. The first-order valence-corrected chi connectivity index (χ1v) is 6.15. The van der Waals surface area contributed by atoms with Crippen LogP contribution in [0.25, 0.3) is 22.5 Å². The topological polar surface area (TPSA) is 64.9 Å². The minimum atomic E-state index is -0.458. The molecular weight excluding hydrogens is 281 g/mol. The summed E-state index contributed by atoms with van der Waals surface area (Å²) in [7, 11) is 0. The highest BCUT2D eigenvalue weighted by atomic mass is 35.5. The standard InChI is InChI=1S/C14H9ClFN3O/c15-9-1-2-11(16)10(7-9)13-12(14(17)19-20-13)8-3-5-18-6-4-8/h1-7H,(H2,17,19). The smallest absolute Gasteiger partial charge is 0.179 e. The summed E-state index contributed by atoms with van der Waals surface area (Å²) in [6.45, 7) is 0. The van der Waals surface area contributed by atoms with Crippen molar-refractivity contribution in [2.24, 2.45) is 0 Å². The zero-order valence-electron chi connectivity index (χ0n) is 10.2. The summed E-state index contributed by atoms with van der Waals surface area (Å²) in [4.78, 5) is 3.93. The summed E-state index contributed by atoms with van der Waals surface area (Å²) in [5.74, 6) is -0.0277. The molecule has 6 heteroatoms. The first-order valence-electron chi connectivity index (χ1n) is 5.78. The first kappa shape index (κ1) is 12.6. The predicted octanol–water partition coefficient (Wildman–Crippen LogP) is 3.78. The Morgan fingerprint density at radius 2 is 1.90 bits per heavy atom. The molecule has 0 unspecified atom stereocenters. The normalized spacial score (nSPS) is 10.7. The van der Waals surface area contributed by atoms with Gasteiger partial charge in [0.25, 0.3) is 0 Å². The molecule has 0 saturated heterocycles.